The lowest BCUT2D eigenvalue weighted by Crippen LogP contribution is -2.75. The van der Waals surface area contributed by atoms with Gasteiger partial charge in [-0.3, -0.25) is 9.13 Å². The predicted molar refractivity (Wildman–Crippen MR) is 343 cm³/mol. The van der Waals surface area contributed by atoms with Crippen LogP contribution in [0.3, 0.4) is 0 Å². The summed E-state index contributed by atoms with van der Waals surface area (Å²) in [4.78, 5) is 17.1. The van der Waals surface area contributed by atoms with E-state index in [0.717, 1.165) is 49.2 Å². The molecular formula is C77H51N5Si. The molecule has 3 aliphatic rings. The molecule has 2 bridgehead atoms. The molecule has 388 valence electrons. The fourth-order valence-corrected chi connectivity index (χ4v) is 19.7. The minimum absolute atomic E-state index is 0.0506. The van der Waals surface area contributed by atoms with E-state index in [1.165, 1.54) is 76.4 Å². The first kappa shape index (κ1) is 47.3. The van der Waals surface area contributed by atoms with E-state index in [4.69, 9.17) is 15.0 Å². The second-order valence-corrected chi connectivity index (χ2v) is 25.9. The van der Waals surface area contributed by atoms with Crippen LogP contribution in [0, 0.1) is 0 Å². The maximum Gasteiger partial charge on any atom is 0.240 e. The van der Waals surface area contributed by atoms with Crippen LogP contribution in [-0.2, 0) is 0 Å². The van der Waals surface area contributed by atoms with Gasteiger partial charge in [0.1, 0.15) is 0 Å². The zero-order valence-electron chi connectivity index (χ0n) is 45.2. The Kier molecular flexibility index (Phi) is 10.7. The van der Waals surface area contributed by atoms with Gasteiger partial charge in [0.15, 0.2) is 13.9 Å². The molecule has 3 aliphatic carbocycles. The minimum Gasteiger partial charge on any atom is -0.278 e. The molecule has 5 nitrogen and oxygen atoms in total. The Balaban J connectivity index is 0.973. The van der Waals surface area contributed by atoms with Crippen LogP contribution in [0.1, 0.15) is 45.2 Å². The van der Waals surface area contributed by atoms with Crippen molar-refractivity contribution in [2.45, 2.75) is 11.8 Å². The topological polar surface area (TPSA) is 48.5 Å². The molecule has 6 heteroatoms. The molecule has 2 atom stereocenters. The summed E-state index contributed by atoms with van der Waals surface area (Å²) in [6, 6.07) is 110. The molecule has 0 fully saturated rings. The molecular weight excluding hydrogens is 1020 g/mol. The third kappa shape index (κ3) is 7.10. The van der Waals surface area contributed by atoms with Crippen LogP contribution >= 0.6 is 0 Å². The monoisotopic (exact) mass is 1070 g/mol. The van der Waals surface area contributed by atoms with E-state index in [2.05, 4.69) is 306 Å². The largest absolute Gasteiger partial charge is 0.278 e. The number of aromatic nitrogens is 5. The molecule has 15 aromatic rings. The Labute approximate surface area is 481 Å². The highest BCUT2D eigenvalue weighted by Crippen LogP contribution is 2.57. The Morgan fingerprint density at radius 2 is 0.651 bits per heavy atom. The van der Waals surface area contributed by atoms with Crippen LogP contribution in [0.4, 0.5) is 0 Å². The molecule has 0 saturated heterocycles. The molecule has 3 heterocycles. The summed E-state index contributed by atoms with van der Waals surface area (Å²) in [6.45, 7) is 0. The summed E-state index contributed by atoms with van der Waals surface area (Å²) in [5, 5.41) is 9.96. The summed E-state index contributed by atoms with van der Waals surface area (Å²) in [6.07, 6.45) is 0. The van der Waals surface area contributed by atoms with Crippen molar-refractivity contribution < 1.29 is 0 Å². The Morgan fingerprint density at radius 3 is 1.16 bits per heavy atom. The number of hydrogen-bond acceptors (Lipinski definition) is 3. The lowest BCUT2D eigenvalue weighted by Gasteiger charge is -2.46. The van der Waals surface area contributed by atoms with Gasteiger partial charge in [0, 0.05) is 38.9 Å². The number of para-hydroxylation sites is 4. The Morgan fingerprint density at radius 1 is 0.277 bits per heavy atom. The fraction of sp³-hybridized carbons (Fsp3) is 0.0260. The van der Waals surface area contributed by atoms with Crippen LogP contribution in [-0.4, -0.2) is 32.2 Å². The van der Waals surface area contributed by atoms with E-state index in [1.54, 1.807) is 0 Å². The van der Waals surface area contributed by atoms with Gasteiger partial charge >= 0.3 is 0 Å². The zero-order valence-corrected chi connectivity index (χ0v) is 46.2. The van der Waals surface area contributed by atoms with Crippen molar-refractivity contribution in [1.29, 1.82) is 0 Å². The van der Waals surface area contributed by atoms with Gasteiger partial charge in [-0.05, 0) is 101 Å². The molecule has 2 unspecified atom stereocenters. The number of fused-ring (bicyclic) bond motifs is 6. The van der Waals surface area contributed by atoms with Crippen molar-refractivity contribution in [2.24, 2.45) is 0 Å². The van der Waals surface area contributed by atoms with Gasteiger partial charge in [-0.25, -0.2) is 0 Å². The van der Waals surface area contributed by atoms with Gasteiger partial charge in [0.2, 0.25) is 11.9 Å². The smallest absolute Gasteiger partial charge is 0.240 e. The average Bonchev–Trinajstić information content (AvgIpc) is 3.08. The number of benzene rings is 12. The Hall–Kier alpha value is -10.5. The third-order valence-electron chi connectivity index (χ3n) is 17.9. The van der Waals surface area contributed by atoms with E-state index in [0.29, 0.717) is 17.7 Å². The molecule has 83 heavy (non-hydrogen) atoms. The van der Waals surface area contributed by atoms with E-state index < -0.39 is 8.07 Å². The first-order valence-corrected chi connectivity index (χ1v) is 30.7. The lowest BCUT2D eigenvalue weighted by molar-refractivity contribution is 0.758. The Bertz CT molecular complexity index is 4740. The van der Waals surface area contributed by atoms with Crippen molar-refractivity contribution in [3.63, 3.8) is 0 Å². The molecule has 18 rings (SSSR count). The second-order valence-electron chi connectivity index (χ2n) is 22.1. The summed E-state index contributed by atoms with van der Waals surface area (Å²) in [7, 11) is -3.33. The maximum absolute atomic E-state index is 5.75. The van der Waals surface area contributed by atoms with Gasteiger partial charge in [0.25, 0.3) is 0 Å². The molecule has 3 aromatic heterocycles. The highest BCUT2D eigenvalue weighted by molar-refractivity contribution is 7.20. The van der Waals surface area contributed by atoms with E-state index in [-0.39, 0.29) is 11.8 Å². The van der Waals surface area contributed by atoms with Crippen LogP contribution in [0.2, 0.25) is 0 Å². The van der Waals surface area contributed by atoms with Crippen LogP contribution in [0.15, 0.2) is 297 Å². The number of rotatable bonds is 9. The first-order valence-electron chi connectivity index (χ1n) is 28.7. The minimum atomic E-state index is -3.33. The maximum atomic E-state index is 5.75. The van der Waals surface area contributed by atoms with Gasteiger partial charge in [-0.2, -0.15) is 15.0 Å². The van der Waals surface area contributed by atoms with Crippen LogP contribution in [0.5, 0.6) is 0 Å². The fourth-order valence-electron chi connectivity index (χ4n) is 14.6. The highest BCUT2D eigenvalue weighted by Gasteiger charge is 2.50. The molecule has 0 spiro atoms. The summed E-state index contributed by atoms with van der Waals surface area (Å²) in [5.41, 5.74) is 17.9. The van der Waals surface area contributed by atoms with Crippen molar-refractivity contribution >= 4 is 72.4 Å². The van der Waals surface area contributed by atoms with E-state index >= 15 is 0 Å². The standard InChI is InChI=1S/C77H51N5Si/c1-4-24-50(25-5-1)52-28-20-32-55(48-52)83(54-30-8-3-9-31-54,56-33-21-29-53(49-56)51-26-6-2-7-27-51)70-47-23-41-64-71-61-38-10-11-39-62(61)74(73(64)70)72-63(71)40-22-42-65(72)75-78-76(81-66-43-16-12-34-57(66)58-35-13-17-44-67(58)81)80-77(79-75)82-68-45-18-14-36-59(68)60-37-15-19-46-69(60)82/h1-49,71,74H. The number of nitrogens with zero attached hydrogens (tertiary/aromatic N) is 5. The number of hydrogen-bond donors (Lipinski definition) is 0. The van der Waals surface area contributed by atoms with Gasteiger partial charge in [-0.15, -0.1) is 0 Å². The lowest BCUT2D eigenvalue weighted by atomic mass is 9.60. The highest BCUT2D eigenvalue weighted by atomic mass is 28.3. The molecule has 0 aliphatic heterocycles. The van der Waals surface area contributed by atoms with Crippen LogP contribution in [0.25, 0.3) is 89.2 Å². The average molecular weight is 1070 g/mol. The van der Waals surface area contributed by atoms with Gasteiger partial charge < -0.3 is 0 Å². The third-order valence-corrected chi connectivity index (χ3v) is 22.7. The van der Waals surface area contributed by atoms with E-state index in [1.807, 2.05) is 0 Å². The summed E-state index contributed by atoms with van der Waals surface area (Å²) < 4.78 is 4.48. The molecule has 0 saturated carbocycles. The quantitative estimate of drug-likeness (QED) is 0.107. The van der Waals surface area contributed by atoms with Crippen molar-refractivity contribution in [1.82, 2.24) is 24.1 Å². The van der Waals surface area contributed by atoms with Crippen molar-refractivity contribution in [3.8, 4) is 45.5 Å². The zero-order chi connectivity index (χ0) is 54.6. The van der Waals surface area contributed by atoms with Crippen LogP contribution < -0.4 is 20.7 Å². The molecule has 0 radical (unpaired) electrons. The molecule has 12 aromatic carbocycles. The predicted octanol–water partition coefficient (Wildman–Crippen LogP) is 15.4. The summed E-state index contributed by atoms with van der Waals surface area (Å²) in [5.74, 6) is 1.54. The molecule has 0 N–H and O–H groups in total. The van der Waals surface area contributed by atoms with E-state index in [9.17, 15) is 0 Å². The van der Waals surface area contributed by atoms with Crippen molar-refractivity contribution in [3.05, 3.63) is 331 Å². The SMILES string of the molecule is c1ccc(-c2cccc([Si](c3ccccc3)(c3cccc(-c4ccccc4)c3)c3cccc4c3C3c5ccccc5C4c4cccc(-c5nc(-n6c7ccccc7c7ccccc76)nc(-n6c7ccccc7c7ccccc76)n5)c43)c2)cc1. The first-order chi connectivity index (χ1) is 41.2. The second kappa shape index (κ2) is 18.8. The summed E-state index contributed by atoms with van der Waals surface area (Å²) >= 11 is 0. The molecule has 0 amide bonds. The van der Waals surface area contributed by atoms with Crippen molar-refractivity contribution in [2.75, 3.05) is 0 Å². The normalized spacial score (nSPS) is 14.3. The van der Waals surface area contributed by atoms with Gasteiger partial charge in [0.05, 0.1) is 22.1 Å². The van der Waals surface area contributed by atoms with Gasteiger partial charge in [-0.1, -0.05) is 273 Å².